The molecule has 0 spiro atoms. The summed E-state index contributed by atoms with van der Waals surface area (Å²) in [5.74, 6) is 2.81. The van der Waals surface area contributed by atoms with E-state index in [0.717, 1.165) is 46.1 Å². The molecule has 13 heteroatoms. The number of ether oxygens (including phenoxy) is 2. The molecule has 9 nitrogen and oxygen atoms in total. The number of carbonyl (C=O) groups excluding carboxylic acids is 1. The van der Waals surface area contributed by atoms with E-state index in [4.69, 9.17) is 47.7 Å². The Morgan fingerprint density at radius 3 is 1.38 bits per heavy atom. The van der Waals surface area contributed by atoms with Crippen LogP contribution in [0.2, 0.25) is 0 Å². The molecule has 2 aromatic carbocycles. The molecule has 0 aliphatic rings. The van der Waals surface area contributed by atoms with Crippen molar-refractivity contribution in [1.29, 1.82) is 0 Å². The fourth-order valence-corrected chi connectivity index (χ4v) is 3.61. The monoisotopic (exact) mass is 640 g/mol. The van der Waals surface area contributed by atoms with Crippen molar-refractivity contribution < 1.29 is 127 Å². The van der Waals surface area contributed by atoms with Gasteiger partial charge in [-0.25, -0.2) is 0 Å². The SMILES string of the molecule is Cn1c(=O)ccc2cc(OCCCCl)ccc21.Cn1c(=O)ccc2cc(OCCCCl)ccc21.O=C([O-])[O-].[K+].[K+]. The number of rotatable bonds is 8. The summed E-state index contributed by atoms with van der Waals surface area (Å²) < 4.78 is 14.4. The molecule has 0 saturated carbocycles. The maximum atomic E-state index is 11.4. The molecule has 0 atom stereocenters. The van der Waals surface area contributed by atoms with Crippen molar-refractivity contribution in [3.8, 4) is 11.5 Å². The minimum Gasteiger partial charge on any atom is -0.652 e. The number of pyridine rings is 2. The molecule has 4 aromatic rings. The van der Waals surface area contributed by atoms with Crippen LogP contribution >= 0.6 is 23.2 Å². The smallest absolute Gasteiger partial charge is 0.652 e. The van der Waals surface area contributed by atoms with Gasteiger partial charge in [-0.2, -0.15) is 0 Å². The zero-order valence-corrected chi connectivity index (χ0v) is 30.8. The Hall–Kier alpha value is -0.417. The first kappa shape index (κ1) is 39.6. The van der Waals surface area contributed by atoms with E-state index < -0.39 is 6.16 Å². The summed E-state index contributed by atoms with van der Waals surface area (Å²) in [6.07, 6.45) is -0.681. The van der Waals surface area contributed by atoms with Gasteiger partial charge >= 0.3 is 103 Å². The summed E-state index contributed by atoms with van der Waals surface area (Å²) in [4.78, 5) is 31.2. The first-order chi connectivity index (χ1) is 18.2. The minimum absolute atomic E-state index is 0. The number of carbonyl (C=O) groups is 1. The van der Waals surface area contributed by atoms with Gasteiger partial charge in [0.1, 0.15) is 11.5 Å². The Morgan fingerprint density at radius 1 is 0.700 bits per heavy atom. The molecule has 0 radical (unpaired) electrons. The topological polar surface area (TPSA) is 126 Å². The van der Waals surface area contributed by atoms with Crippen LogP contribution in [0.4, 0.5) is 4.79 Å². The maximum absolute atomic E-state index is 11.4. The maximum Gasteiger partial charge on any atom is 1.00 e. The number of benzene rings is 2. The van der Waals surface area contributed by atoms with E-state index in [1.165, 1.54) is 0 Å². The van der Waals surface area contributed by atoms with Crippen LogP contribution in [-0.2, 0) is 14.1 Å². The number of nitrogens with zero attached hydrogens (tertiary/aromatic N) is 2. The molecule has 204 valence electrons. The number of alkyl halides is 2. The van der Waals surface area contributed by atoms with Crippen LogP contribution in [0.1, 0.15) is 12.8 Å². The fourth-order valence-electron chi connectivity index (χ4n) is 3.39. The van der Waals surface area contributed by atoms with Crippen LogP contribution in [0.5, 0.6) is 11.5 Å². The van der Waals surface area contributed by atoms with Crippen LogP contribution in [-0.4, -0.2) is 40.3 Å². The molecule has 0 amide bonds. The van der Waals surface area contributed by atoms with Gasteiger partial charge in [-0.3, -0.25) is 9.59 Å². The van der Waals surface area contributed by atoms with Crippen molar-refractivity contribution in [3.05, 3.63) is 81.4 Å². The molecule has 0 saturated heterocycles. The van der Waals surface area contributed by atoms with Crippen LogP contribution in [0.15, 0.2) is 70.3 Å². The van der Waals surface area contributed by atoms with Crippen molar-refractivity contribution in [3.63, 3.8) is 0 Å². The van der Waals surface area contributed by atoms with Gasteiger partial charge < -0.3 is 33.6 Å². The molecule has 0 unspecified atom stereocenters. The zero-order valence-electron chi connectivity index (χ0n) is 23.0. The van der Waals surface area contributed by atoms with Crippen molar-refractivity contribution in [2.24, 2.45) is 14.1 Å². The van der Waals surface area contributed by atoms with E-state index in [2.05, 4.69) is 0 Å². The minimum atomic E-state index is -2.33. The van der Waals surface area contributed by atoms with Crippen molar-refractivity contribution in [2.75, 3.05) is 25.0 Å². The largest absolute Gasteiger partial charge is 1.00 e. The Bertz CT molecular complexity index is 1370. The zero-order chi connectivity index (χ0) is 28.1. The molecule has 2 heterocycles. The molecular weight excluding hydrogens is 613 g/mol. The van der Waals surface area contributed by atoms with E-state index in [-0.39, 0.29) is 114 Å². The van der Waals surface area contributed by atoms with Crippen molar-refractivity contribution >= 4 is 51.2 Å². The van der Waals surface area contributed by atoms with E-state index in [1.54, 1.807) is 35.4 Å². The molecule has 0 aliphatic heterocycles. The summed E-state index contributed by atoms with van der Waals surface area (Å²) in [5, 5.41) is 18.7. The summed E-state index contributed by atoms with van der Waals surface area (Å²) in [7, 11) is 3.53. The van der Waals surface area contributed by atoms with Gasteiger partial charge in [-0.05, 0) is 67.5 Å². The van der Waals surface area contributed by atoms with Gasteiger partial charge in [0.15, 0.2) is 0 Å². The molecule has 0 bridgehead atoms. The first-order valence-electron chi connectivity index (χ1n) is 11.6. The predicted molar refractivity (Wildman–Crippen MR) is 145 cm³/mol. The summed E-state index contributed by atoms with van der Waals surface area (Å²) >= 11 is 11.2. The quantitative estimate of drug-likeness (QED) is 0.112. The number of hydrogen-bond acceptors (Lipinski definition) is 7. The third-order valence-electron chi connectivity index (χ3n) is 5.29. The molecule has 40 heavy (non-hydrogen) atoms. The summed E-state index contributed by atoms with van der Waals surface area (Å²) in [6, 6.07) is 18.1. The van der Waals surface area contributed by atoms with E-state index in [0.29, 0.717) is 25.0 Å². The summed E-state index contributed by atoms with van der Waals surface area (Å²) in [6.45, 7) is 1.22. The van der Waals surface area contributed by atoms with Gasteiger partial charge in [0.2, 0.25) is 0 Å². The number of halogens is 2. The van der Waals surface area contributed by atoms with E-state index in [1.807, 2.05) is 48.5 Å². The third-order valence-corrected chi connectivity index (χ3v) is 5.82. The molecule has 0 fully saturated rings. The van der Waals surface area contributed by atoms with Gasteiger partial charge in [0.05, 0.1) is 24.2 Å². The average molecular weight is 642 g/mol. The van der Waals surface area contributed by atoms with Crippen LogP contribution < -0.4 is 134 Å². The summed E-state index contributed by atoms with van der Waals surface area (Å²) in [5.41, 5.74) is 1.80. The number of aromatic nitrogens is 2. The van der Waals surface area contributed by atoms with Crippen molar-refractivity contribution in [1.82, 2.24) is 9.13 Å². The number of aryl methyl sites for hydroxylation is 2. The molecule has 4 rings (SSSR count). The Kier molecular flexibility index (Phi) is 21.1. The normalized spacial score (nSPS) is 9.70. The number of hydrogen-bond donors (Lipinski definition) is 0. The van der Waals surface area contributed by atoms with Crippen LogP contribution in [0.25, 0.3) is 21.8 Å². The Balaban J connectivity index is 0.000000643. The van der Waals surface area contributed by atoms with Gasteiger partial charge in [0, 0.05) is 48.8 Å². The van der Waals surface area contributed by atoms with E-state index in [9.17, 15) is 9.59 Å². The van der Waals surface area contributed by atoms with Crippen LogP contribution in [0.3, 0.4) is 0 Å². The second kappa shape index (κ2) is 21.3. The number of fused-ring (bicyclic) bond motifs is 2. The van der Waals surface area contributed by atoms with Crippen molar-refractivity contribution in [2.45, 2.75) is 12.8 Å². The first-order valence-corrected chi connectivity index (χ1v) is 12.7. The van der Waals surface area contributed by atoms with Gasteiger partial charge in [0.25, 0.3) is 11.1 Å². The Labute approximate surface area is 327 Å². The molecule has 0 aliphatic carbocycles. The standard InChI is InChI=1S/2C13H14ClNO2.CH2O3.2K/c2*1-15-12-5-4-11(17-8-2-7-14)9-10(12)3-6-13(15)16;2-1(3)4;;/h2*3-6,9H,2,7-8H2,1H3;(H2,2,3,4);;/q;;;2*+1/p-2. The predicted octanol–water partition coefficient (Wildman–Crippen LogP) is -3.35. The average Bonchev–Trinajstić information content (AvgIpc) is 2.89. The molecular formula is C27H28Cl2K2N2O7. The third kappa shape index (κ3) is 13.3. The Morgan fingerprint density at radius 2 is 1.05 bits per heavy atom. The van der Waals surface area contributed by atoms with Gasteiger partial charge in [-0.15, -0.1) is 23.2 Å². The molecule has 0 N–H and O–H groups in total. The van der Waals surface area contributed by atoms with Crippen LogP contribution in [0, 0.1) is 0 Å². The van der Waals surface area contributed by atoms with E-state index >= 15 is 0 Å². The number of carboxylic acid groups (broad SMARTS) is 2. The fraction of sp³-hybridized carbons (Fsp3) is 0.296. The van der Waals surface area contributed by atoms with Gasteiger partial charge in [-0.1, -0.05) is 0 Å². The second-order valence-electron chi connectivity index (χ2n) is 7.93. The molecule has 2 aromatic heterocycles. The second-order valence-corrected chi connectivity index (χ2v) is 8.69.